The van der Waals surface area contributed by atoms with Crippen LogP contribution in [0.1, 0.15) is 20.7 Å². The summed E-state index contributed by atoms with van der Waals surface area (Å²) in [7, 11) is 1.25. The first-order valence-corrected chi connectivity index (χ1v) is 6.34. The number of amides is 1. The van der Waals surface area contributed by atoms with Crippen LogP contribution in [0, 0.1) is 5.82 Å². The number of methoxy groups -OCH3 is 1. The molecule has 0 aliphatic rings. The maximum Gasteiger partial charge on any atom is 0.339 e. The molecule has 0 aromatic heterocycles. The first-order chi connectivity index (χ1) is 10.0. The molecule has 108 valence electrons. The first kappa shape index (κ1) is 15.0. The summed E-state index contributed by atoms with van der Waals surface area (Å²) in [6, 6.07) is 10.0. The largest absolute Gasteiger partial charge is 0.465 e. The minimum atomic E-state index is -0.608. The van der Waals surface area contributed by atoms with Crippen molar-refractivity contribution in [3.63, 3.8) is 0 Å². The van der Waals surface area contributed by atoms with Gasteiger partial charge in [0.25, 0.3) is 5.91 Å². The summed E-state index contributed by atoms with van der Waals surface area (Å²) < 4.78 is 17.7. The van der Waals surface area contributed by atoms with E-state index in [1.54, 1.807) is 18.2 Å². The zero-order valence-electron chi connectivity index (χ0n) is 11.0. The van der Waals surface area contributed by atoms with E-state index in [0.29, 0.717) is 5.69 Å². The Hall–Kier alpha value is -2.40. The number of carbonyl (C=O) groups is 2. The molecule has 0 saturated carbocycles. The van der Waals surface area contributed by atoms with E-state index < -0.39 is 17.7 Å². The summed E-state index contributed by atoms with van der Waals surface area (Å²) in [5.41, 5.74) is 0.706. The lowest BCUT2D eigenvalue weighted by Gasteiger charge is -2.09. The van der Waals surface area contributed by atoms with Gasteiger partial charge in [0.15, 0.2) is 0 Å². The second-order valence-electron chi connectivity index (χ2n) is 4.12. The summed E-state index contributed by atoms with van der Waals surface area (Å²) in [5, 5.41) is 2.42. The molecule has 2 aromatic carbocycles. The van der Waals surface area contributed by atoms with E-state index in [0.717, 1.165) is 6.07 Å². The van der Waals surface area contributed by atoms with E-state index >= 15 is 0 Å². The Balaban J connectivity index is 2.27. The zero-order valence-corrected chi connectivity index (χ0v) is 11.8. The van der Waals surface area contributed by atoms with Crippen LogP contribution in [0.25, 0.3) is 0 Å². The number of esters is 1. The minimum absolute atomic E-state index is 0.149. The van der Waals surface area contributed by atoms with Gasteiger partial charge in [-0.15, -0.1) is 0 Å². The molecule has 0 aliphatic carbocycles. The van der Waals surface area contributed by atoms with Crippen molar-refractivity contribution in [1.29, 1.82) is 0 Å². The van der Waals surface area contributed by atoms with Gasteiger partial charge in [-0.1, -0.05) is 23.7 Å². The Bertz CT molecular complexity index is 703. The molecule has 0 saturated heterocycles. The number of benzene rings is 2. The van der Waals surface area contributed by atoms with Crippen LogP contribution in [0.4, 0.5) is 10.1 Å². The quantitative estimate of drug-likeness (QED) is 0.883. The van der Waals surface area contributed by atoms with Gasteiger partial charge in [-0.3, -0.25) is 4.79 Å². The van der Waals surface area contributed by atoms with Crippen molar-refractivity contribution in [1.82, 2.24) is 0 Å². The Labute approximate surface area is 125 Å². The van der Waals surface area contributed by atoms with Crippen LogP contribution in [-0.2, 0) is 4.74 Å². The number of rotatable bonds is 3. The Morgan fingerprint density at radius 3 is 2.57 bits per heavy atom. The number of nitrogens with one attached hydrogen (secondary N) is 1. The highest BCUT2D eigenvalue weighted by Crippen LogP contribution is 2.19. The third-order valence-corrected chi connectivity index (χ3v) is 3.05. The van der Waals surface area contributed by atoms with Crippen LogP contribution in [0.3, 0.4) is 0 Å². The highest BCUT2D eigenvalue weighted by Gasteiger charge is 2.15. The first-order valence-electron chi connectivity index (χ1n) is 5.96. The van der Waals surface area contributed by atoms with Crippen LogP contribution in [-0.4, -0.2) is 19.0 Å². The maximum atomic E-state index is 13.1. The van der Waals surface area contributed by atoms with Gasteiger partial charge >= 0.3 is 5.97 Å². The summed E-state index contributed by atoms with van der Waals surface area (Å²) in [4.78, 5) is 23.7. The molecule has 6 heteroatoms. The number of para-hydroxylation sites is 1. The molecule has 0 unspecified atom stereocenters. The smallest absolute Gasteiger partial charge is 0.339 e. The minimum Gasteiger partial charge on any atom is -0.465 e. The SMILES string of the molecule is COC(=O)c1ccccc1NC(=O)c1ccc(F)c(Cl)c1. The molecule has 1 N–H and O–H groups in total. The number of ether oxygens (including phenoxy) is 1. The van der Waals surface area contributed by atoms with Crippen molar-refractivity contribution in [2.45, 2.75) is 0 Å². The van der Waals surface area contributed by atoms with Crippen molar-refractivity contribution in [3.8, 4) is 0 Å². The highest BCUT2D eigenvalue weighted by atomic mass is 35.5. The summed E-state index contributed by atoms with van der Waals surface area (Å²) in [6.07, 6.45) is 0. The molecule has 0 spiro atoms. The second-order valence-corrected chi connectivity index (χ2v) is 4.53. The molecule has 0 atom stereocenters. The van der Waals surface area contributed by atoms with Crippen molar-refractivity contribution >= 4 is 29.2 Å². The monoisotopic (exact) mass is 307 g/mol. The summed E-state index contributed by atoms with van der Waals surface area (Å²) in [6.45, 7) is 0. The third-order valence-electron chi connectivity index (χ3n) is 2.76. The fraction of sp³-hybridized carbons (Fsp3) is 0.0667. The van der Waals surface area contributed by atoms with E-state index in [2.05, 4.69) is 10.1 Å². The van der Waals surface area contributed by atoms with Crippen LogP contribution >= 0.6 is 11.6 Å². The fourth-order valence-electron chi connectivity index (χ4n) is 1.71. The molecule has 2 rings (SSSR count). The molecule has 0 fully saturated rings. The number of hydrogen-bond donors (Lipinski definition) is 1. The topological polar surface area (TPSA) is 55.4 Å². The van der Waals surface area contributed by atoms with Crippen LogP contribution < -0.4 is 5.32 Å². The predicted molar refractivity (Wildman–Crippen MR) is 77.1 cm³/mol. The highest BCUT2D eigenvalue weighted by molar-refractivity contribution is 6.31. The van der Waals surface area contributed by atoms with Crippen molar-refractivity contribution in [2.24, 2.45) is 0 Å². The van der Waals surface area contributed by atoms with Gasteiger partial charge in [-0.25, -0.2) is 9.18 Å². The summed E-state index contributed by atoms with van der Waals surface area (Å²) >= 11 is 5.64. The van der Waals surface area contributed by atoms with Gasteiger partial charge in [-0.05, 0) is 30.3 Å². The Morgan fingerprint density at radius 1 is 1.19 bits per heavy atom. The third kappa shape index (κ3) is 3.38. The lowest BCUT2D eigenvalue weighted by Crippen LogP contribution is -2.15. The number of hydrogen-bond acceptors (Lipinski definition) is 3. The molecular weight excluding hydrogens is 297 g/mol. The lowest BCUT2D eigenvalue weighted by atomic mass is 10.1. The van der Waals surface area contributed by atoms with Gasteiger partial charge in [0.05, 0.1) is 23.4 Å². The Kier molecular flexibility index (Phi) is 4.55. The zero-order chi connectivity index (χ0) is 15.4. The van der Waals surface area contributed by atoms with Gasteiger partial charge in [0, 0.05) is 5.56 Å². The van der Waals surface area contributed by atoms with Gasteiger partial charge in [0.1, 0.15) is 5.82 Å². The molecule has 0 bridgehead atoms. The van der Waals surface area contributed by atoms with Crippen molar-refractivity contribution in [2.75, 3.05) is 12.4 Å². The van der Waals surface area contributed by atoms with E-state index in [9.17, 15) is 14.0 Å². The molecule has 2 aromatic rings. The Morgan fingerprint density at radius 2 is 1.90 bits per heavy atom. The van der Waals surface area contributed by atoms with E-state index in [4.69, 9.17) is 11.6 Å². The van der Waals surface area contributed by atoms with E-state index in [-0.39, 0.29) is 16.1 Å². The molecule has 4 nitrogen and oxygen atoms in total. The molecule has 0 heterocycles. The van der Waals surface area contributed by atoms with E-state index in [1.807, 2.05) is 0 Å². The lowest BCUT2D eigenvalue weighted by molar-refractivity contribution is 0.0602. The molecule has 21 heavy (non-hydrogen) atoms. The average molecular weight is 308 g/mol. The van der Waals surface area contributed by atoms with Gasteiger partial charge in [0.2, 0.25) is 0 Å². The van der Waals surface area contributed by atoms with Crippen LogP contribution in [0.2, 0.25) is 5.02 Å². The van der Waals surface area contributed by atoms with Crippen LogP contribution in [0.5, 0.6) is 0 Å². The van der Waals surface area contributed by atoms with Crippen molar-refractivity contribution < 1.29 is 18.7 Å². The molecule has 0 aliphatic heterocycles. The number of anilines is 1. The maximum absolute atomic E-state index is 13.1. The van der Waals surface area contributed by atoms with Gasteiger partial charge in [-0.2, -0.15) is 0 Å². The van der Waals surface area contributed by atoms with Gasteiger partial charge < -0.3 is 10.1 Å². The predicted octanol–water partition coefficient (Wildman–Crippen LogP) is 3.52. The second kappa shape index (κ2) is 6.37. The number of halogens is 2. The van der Waals surface area contributed by atoms with E-state index in [1.165, 1.54) is 25.3 Å². The average Bonchev–Trinajstić information content (AvgIpc) is 2.49. The molecule has 0 radical (unpaired) electrons. The number of carbonyl (C=O) groups excluding carboxylic acids is 2. The van der Waals surface area contributed by atoms with Crippen LogP contribution in [0.15, 0.2) is 42.5 Å². The van der Waals surface area contributed by atoms with Crippen molar-refractivity contribution in [3.05, 3.63) is 64.4 Å². The standard InChI is InChI=1S/C15H11ClFNO3/c1-21-15(20)10-4-2-3-5-13(10)18-14(19)9-6-7-12(17)11(16)8-9/h2-8H,1H3,(H,18,19). The normalized spacial score (nSPS) is 10.0. The fourth-order valence-corrected chi connectivity index (χ4v) is 1.89. The molecular formula is C15H11ClFNO3. The molecule has 1 amide bonds. The summed E-state index contributed by atoms with van der Waals surface area (Å²) in [5.74, 6) is -1.68.